The first-order valence-electron chi connectivity index (χ1n) is 4.99. The smallest absolute Gasteiger partial charge is 0.0685 e. The van der Waals surface area contributed by atoms with E-state index < -0.39 is 0 Å². The zero-order valence-corrected chi connectivity index (χ0v) is 9.05. The van der Waals surface area contributed by atoms with Crippen LogP contribution in [0.3, 0.4) is 0 Å². The Hall–Kier alpha value is -0.340. The molecule has 0 radical (unpaired) electrons. The van der Waals surface area contributed by atoms with Gasteiger partial charge in [-0.3, -0.25) is 0 Å². The minimum absolute atomic E-state index is 0.0539. The van der Waals surface area contributed by atoms with E-state index in [9.17, 15) is 0 Å². The van der Waals surface area contributed by atoms with Crippen molar-refractivity contribution in [2.24, 2.45) is 0 Å². The highest BCUT2D eigenvalue weighted by atomic mass is 16.5. The van der Waals surface area contributed by atoms with E-state index >= 15 is 0 Å². The van der Waals surface area contributed by atoms with E-state index in [0.29, 0.717) is 0 Å². The van der Waals surface area contributed by atoms with Gasteiger partial charge < -0.3 is 9.84 Å². The van der Waals surface area contributed by atoms with Crippen molar-refractivity contribution >= 4 is 0 Å². The van der Waals surface area contributed by atoms with Gasteiger partial charge in [-0.1, -0.05) is 31.9 Å². The van der Waals surface area contributed by atoms with Crippen LogP contribution in [0.1, 0.15) is 39.5 Å². The third-order valence-electron chi connectivity index (χ3n) is 2.37. The summed E-state index contributed by atoms with van der Waals surface area (Å²) in [7, 11) is 1.75. The second kappa shape index (κ2) is 7.10. The summed E-state index contributed by atoms with van der Waals surface area (Å²) in [5, 5.41) is 8.58. The standard InChI is InChI=1S/C11H22O2/c1-4-5-8-11(2,13-3)9-6-7-10-12/h6-7,12H,4-5,8-10H2,1-3H3/b7-6+. The van der Waals surface area contributed by atoms with Gasteiger partial charge in [0.15, 0.2) is 0 Å². The van der Waals surface area contributed by atoms with Crippen molar-refractivity contribution < 1.29 is 9.84 Å². The van der Waals surface area contributed by atoms with E-state index in [4.69, 9.17) is 9.84 Å². The van der Waals surface area contributed by atoms with Crippen LogP contribution < -0.4 is 0 Å². The predicted octanol–water partition coefficient (Wildman–Crippen LogP) is 2.52. The van der Waals surface area contributed by atoms with Gasteiger partial charge in [-0.05, 0) is 19.8 Å². The quantitative estimate of drug-likeness (QED) is 0.619. The minimum atomic E-state index is -0.0539. The van der Waals surface area contributed by atoms with Gasteiger partial charge in [0.1, 0.15) is 0 Å². The van der Waals surface area contributed by atoms with Crippen LogP contribution in [-0.4, -0.2) is 24.4 Å². The molecule has 0 fully saturated rings. The van der Waals surface area contributed by atoms with Crippen LogP contribution in [0.5, 0.6) is 0 Å². The van der Waals surface area contributed by atoms with Gasteiger partial charge in [-0.2, -0.15) is 0 Å². The average Bonchev–Trinajstić information content (AvgIpc) is 2.15. The van der Waals surface area contributed by atoms with Crippen molar-refractivity contribution in [3.8, 4) is 0 Å². The molecule has 0 heterocycles. The van der Waals surface area contributed by atoms with Crippen molar-refractivity contribution in [1.82, 2.24) is 0 Å². The molecule has 0 amide bonds. The number of hydrogen-bond donors (Lipinski definition) is 1. The fraction of sp³-hybridized carbons (Fsp3) is 0.818. The molecule has 1 atom stereocenters. The SMILES string of the molecule is CCCCC(C)(C/C=C/CO)OC. The lowest BCUT2D eigenvalue weighted by Gasteiger charge is -2.26. The molecule has 0 spiro atoms. The summed E-state index contributed by atoms with van der Waals surface area (Å²) in [6.45, 7) is 4.41. The molecule has 0 aromatic carbocycles. The molecule has 0 aliphatic rings. The number of hydrogen-bond acceptors (Lipinski definition) is 2. The Labute approximate surface area is 81.6 Å². The van der Waals surface area contributed by atoms with Crippen LogP contribution in [0.4, 0.5) is 0 Å². The molecule has 1 unspecified atom stereocenters. The number of aliphatic hydroxyl groups is 1. The summed E-state index contributed by atoms with van der Waals surface area (Å²) in [5.41, 5.74) is -0.0539. The second-order valence-electron chi connectivity index (χ2n) is 3.62. The summed E-state index contributed by atoms with van der Waals surface area (Å²) in [6, 6.07) is 0. The third-order valence-corrected chi connectivity index (χ3v) is 2.37. The predicted molar refractivity (Wildman–Crippen MR) is 55.8 cm³/mol. The summed E-state index contributed by atoms with van der Waals surface area (Å²) >= 11 is 0. The van der Waals surface area contributed by atoms with Crippen LogP contribution in [0.25, 0.3) is 0 Å². The molecule has 0 aliphatic heterocycles. The van der Waals surface area contributed by atoms with E-state index in [-0.39, 0.29) is 12.2 Å². The van der Waals surface area contributed by atoms with Gasteiger partial charge in [-0.15, -0.1) is 0 Å². The monoisotopic (exact) mass is 186 g/mol. The highest BCUT2D eigenvalue weighted by Crippen LogP contribution is 2.22. The number of aliphatic hydroxyl groups excluding tert-OH is 1. The summed E-state index contributed by atoms with van der Waals surface area (Å²) in [5.74, 6) is 0. The van der Waals surface area contributed by atoms with Gasteiger partial charge in [0.25, 0.3) is 0 Å². The lowest BCUT2D eigenvalue weighted by Crippen LogP contribution is -2.26. The van der Waals surface area contributed by atoms with E-state index in [2.05, 4.69) is 13.8 Å². The number of rotatable bonds is 7. The highest BCUT2D eigenvalue weighted by molar-refractivity contribution is 4.89. The van der Waals surface area contributed by atoms with Gasteiger partial charge >= 0.3 is 0 Å². The Morgan fingerprint density at radius 1 is 1.38 bits per heavy atom. The summed E-state index contributed by atoms with van der Waals surface area (Å²) < 4.78 is 5.45. The molecule has 0 saturated heterocycles. The minimum Gasteiger partial charge on any atom is -0.392 e. The van der Waals surface area contributed by atoms with Gasteiger partial charge in [0.05, 0.1) is 12.2 Å². The first-order valence-corrected chi connectivity index (χ1v) is 4.99. The fourth-order valence-electron chi connectivity index (χ4n) is 1.25. The normalized spacial score (nSPS) is 16.3. The summed E-state index contributed by atoms with van der Waals surface area (Å²) in [4.78, 5) is 0. The molecule has 0 rings (SSSR count). The van der Waals surface area contributed by atoms with Crippen LogP contribution >= 0.6 is 0 Å². The third kappa shape index (κ3) is 5.83. The topological polar surface area (TPSA) is 29.5 Å². The van der Waals surface area contributed by atoms with Crippen molar-refractivity contribution in [2.75, 3.05) is 13.7 Å². The molecule has 13 heavy (non-hydrogen) atoms. The summed E-state index contributed by atoms with van der Waals surface area (Å²) in [6.07, 6.45) is 8.10. The Balaban J connectivity index is 3.87. The molecule has 78 valence electrons. The Morgan fingerprint density at radius 2 is 2.08 bits per heavy atom. The maximum absolute atomic E-state index is 8.58. The highest BCUT2D eigenvalue weighted by Gasteiger charge is 2.20. The van der Waals surface area contributed by atoms with Crippen molar-refractivity contribution in [1.29, 1.82) is 0 Å². The first-order chi connectivity index (χ1) is 6.18. The van der Waals surface area contributed by atoms with Crippen molar-refractivity contribution in [3.05, 3.63) is 12.2 Å². The van der Waals surface area contributed by atoms with Gasteiger partial charge in [0.2, 0.25) is 0 Å². The largest absolute Gasteiger partial charge is 0.392 e. The molecule has 0 bridgehead atoms. The zero-order valence-electron chi connectivity index (χ0n) is 9.05. The van der Waals surface area contributed by atoms with Crippen LogP contribution in [0.2, 0.25) is 0 Å². The maximum atomic E-state index is 8.58. The van der Waals surface area contributed by atoms with Crippen molar-refractivity contribution in [2.45, 2.75) is 45.1 Å². The molecule has 0 aliphatic carbocycles. The maximum Gasteiger partial charge on any atom is 0.0685 e. The van der Waals surface area contributed by atoms with E-state index in [1.54, 1.807) is 13.2 Å². The second-order valence-corrected chi connectivity index (χ2v) is 3.62. The Morgan fingerprint density at radius 3 is 2.54 bits per heavy atom. The van der Waals surface area contributed by atoms with E-state index in [1.807, 2.05) is 6.08 Å². The number of methoxy groups -OCH3 is 1. The first kappa shape index (κ1) is 12.7. The van der Waals surface area contributed by atoms with Crippen molar-refractivity contribution in [3.63, 3.8) is 0 Å². The molecule has 0 saturated carbocycles. The van der Waals surface area contributed by atoms with E-state index in [0.717, 1.165) is 12.8 Å². The molecule has 0 aromatic rings. The molecular weight excluding hydrogens is 164 g/mol. The van der Waals surface area contributed by atoms with Crippen LogP contribution in [0.15, 0.2) is 12.2 Å². The van der Waals surface area contributed by atoms with Crippen LogP contribution in [-0.2, 0) is 4.74 Å². The lowest BCUT2D eigenvalue weighted by atomic mass is 9.95. The molecular formula is C11H22O2. The number of unbranched alkanes of at least 4 members (excludes halogenated alkanes) is 1. The average molecular weight is 186 g/mol. The van der Waals surface area contributed by atoms with E-state index in [1.165, 1.54) is 12.8 Å². The lowest BCUT2D eigenvalue weighted by molar-refractivity contribution is -0.000276. The fourth-order valence-corrected chi connectivity index (χ4v) is 1.25. The Kier molecular flexibility index (Phi) is 6.92. The zero-order chi connectivity index (χ0) is 10.2. The molecule has 0 aromatic heterocycles. The Bertz CT molecular complexity index is 143. The number of ether oxygens (including phenoxy) is 1. The molecule has 2 nitrogen and oxygen atoms in total. The van der Waals surface area contributed by atoms with Crippen LogP contribution in [0, 0.1) is 0 Å². The molecule has 1 N–H and O–H groups in total. The van der Waals surface area contributed by atoms with Gasteiger partial charge in [-0.25, -0.2) is 0 Å². The molecule has 2 heteroatoms. The van der Waals surface area contributed by atoms with Gasteiger partial charge in [0, 0.05) is 7.11 Å².